The molecule has 0 saturated carbocycles. The second-order valence-corrected chi connectivity index (χ2v) is 4.17. The monoisotopic (exact) mass is 200 g/mol. The molecule has 0 amide bonds. The number of hydrogen-bond acceptors (Lipinski definition) is 3. The highest BCUT2D eigenvalue weighted by Crippen LogP contribution is 2.41. The van der Waals surface area contributed by atoms with Crippen LogP contribution in [-0.4, -0.2) is 13.2 Å². The standard InChI is InChI=1S/C10H16O2S/c1-5-11-9-7(3)13-8(4)10(9)12-6-2/h5-6H2,1-4H3. The van der Waals surface area contributed by atoms with E-state index in [1.807, 2.05) is 13.8 Å². The van der Waals surface area contributed by atoms with Crippen molar-refractivity contribution in [3.05, 3.63) is 9.75 Å². The molecule has 0 N–H and O–H groups in total. The molecule has 13 heavy (non-hydrogen) atoms. The Balaban J connectivity index is 2.98. The van der Waals surface area contributed by atoms with E-state index in [9.17, 15) is 0 Å². The fourth-order valence-corrected chi connectivity index (χ4v) is 2.21. The van der Waals surface area contributed by atoms with Gasteiger partial charge in [-0.3, -0.25) is 0 Å². The van der Waals surface area contributed by atoms with Gasteiger partial charge in [0.15, 0.2) is 11.5 Å². The van der Waals surface area contributed by atoms with Gasteiger partial charge >= 0.3 is 0 Å². The molecule has 0 radical (unpaired) electrons. The summed E-state index contributed by atoms with van der Waals surface area (Å²) in [6, 6.07) is 0. The van der Waals surface area contributed by atoms with Gasteiger partial charge in [0.1, 0.15) is 0 Å². The third-order valence-electron chi connectivity index (χ3n) is 1.73. The summed E-state index contributed by atoms with van der Waals surface area (Å²) in [5.41, 5.74) is 0. The molecule has 1 aromatic rings. The van der Waals surface area contributed by atoms with E-state index < -0.39 is 0 Å². The van der Waals surface area contributed by atoms with Crippen LogP contribution in [0.25, 0.3) is 0 Å². The van der Waals surface area contributed by atoms with Gasteiger partial charge in [0.25, 0.3) is 0 Å². The molecule has 3 heteroatoms. The summed E-state index contributed by atoms with van der Waals surface area (Å²) in [5.74, 6) is 1.85. The van der Waals surface area contributed by atoms with Crippen LogP contribution in [0.1, 0.15) is 23.6 Å². The van der Waals surface area contributed by atoms with Gasteiger partial charge in [-0.15, -0.1) is 11.3 Å². The molecule has 1 aromatic heterocycles. The van der Waals surface area contributed by atoms with Crippen LogP contribution in [-0.2, 0) is 0 Å². The zero-order chi connectivity index (χ0) is 9.84. The molecule has 0 spiro atoms. The Morgan fingerprint density at radius 2 is 1.31 bits per heavy atom. The molecular formula is C10H16O2S. The number of thiophene rings is 1. The van der Waals surface area contributed by atoms with Crippen LogP contribution in [0.5, 0.6) is 11.5 Å². The van der Waals surface area contributed by atoms with E-state index >= 15 is 0 Å². The SMILES string of the molecule is CCOc1c(C)sc(C)c1OCC. The molecule has 0 saturated heterocycles. The molecule has 0 unspecified atom stereocenters. The summed E-state index contributed by atoms with van der Waals surface area (Å²) in [5, 5.41) is 0. The zero-order valence-electron chi connectivity index (χ0n) is 8.64. The van der Waals surface area contributed by atoms with Gasteiger partial charge in [-0.1, -0.05) is 0 Å². The van der Waals surface area contributed by atoms with E-state index in [2.05, 4.69) is 13.8 Å². The van der Waals surface area contributed by atoms with E-state index in [4.69, 9.17) is 9.47 Å². The highest BCUT2D eigenvalue weighted by Gasteiger charge is 2.14. The highest BCUT2D eigenvalue weighted by atomic mass is 32.1. The van der Waals surface area contributed by atoms with Crippen LogP contribution in [0.4, 0.5) is 0 Å². The first-order valence-electron chi connectivity index (χ1n) is 4.56. The summed E-state index contributed by atoms with van der Waals surface area (Å²) >= 11 is 1.73. The van der Waals surface area contributed by atoms with Crippen molar-refractivity contribution in [2.24, 2.45) is 0 Å². The van der Waals surface area contributed by atoms with Crippen LogP contribution in [0, 0.1) is 13.8 Å². The number of ether oxygens (including phenoxy) is 2. The van der Waals surface area contributed by atoms with Crippen molar-refractivity contribution >= 4 is 11.3 Å². The lowest BCUT2D eigenvalue weighted by atomic mass is 10.4. The normalized spacial score (nSPS) is 10.2. The van der Waals surface area contributed by atoms with E-state index in [0.29, 0.717) is 13.2 Å². The molecule has 74 valence electrons. The Morgan fingerprint density at radius 3 is 1.62 bits per heavy atom. The first kappa shape index (κ1) is 10.4. The molecule has 0 bridgehead atoms. The van der Waals surface area contributed by atoms with Gasteiger partial charge in [0, 0.05) is 9.75 Å². The summed E-state index contributed by atoms with van der Waals surface area (Å²) in [6.07, 6.45) is 0. The molecular weight excluding hydrogens is 184 g/mol. The lowest BCUT2D eigenvalue weighted by molar-refractivity contribution is 0.288. The van der Waals surface area contributed by atoms with Crippen LogP contribution in [0.2, 0.25) is 0 Å². The third kappa shape index (κ3) is 2.15. The maximum absolute atomic E-state index is 5.53. The second kappa shape index (κ2) is 4.51. The third-order valence-corrected chi connectivity index (χ3v) is 2.71. The van der Waals surface area contributed by atoms with E-state index in [1.54, 1.807) is 11.3 Å². The predicted molar refractivity (Wildman–Crippen MR) is 56.1 cm³/mol. The van der Waals surface area contributed by atoms with Gasteiger partial charge in [0.05, 0.1) is 13.2 Å². The Morgan fingerprint density at radius 1 is 0.923 bits per heavy atom. The molecule has 1 heterocycles. The van der Waals surface area contributed by atoms with Crippen molar-refractivity contribution < 1.29 is 9.47 Å². The Kier molecular flexibility index (Phi) is 3.60. The van der Waals surface area contributed by atoms with Crippen molar-refractivity contribution in [3.8, 4) is 11.5 Å². The summed E-state index contributed by atoms with van der Waals surface area (Å²) in [6.45, 7) is 9.48. The summed E-state index contributed by atoms with van der Waals surface area (Å²) in [7, 11) is 0. The minimum atomic E-state index is 0.692. The molecule has 1 rings (SSSR count). The predicted octanol–water partition coefficient (Wildman–Crippen LogP) is 3.16. The van der Waals surface area contributed by atoms with Crippen molar-refractivity contribution in [1.29, 1.82) is 0 Å². The van der Waals surface area contributed by atoms with E-state index in [-0.39, 0.29) is 0 Å². The van der Waals surface area contributed by atoms with Gasteiger partial charge < -0.3 is 9.47 Å². The van der Waals surface area contributed by atoms with Crippen LogP contribution in [0.3, 0.4) is 0 Å². The van der Waals surface area contributed by atoms with E-state index in [0.717, 1.165) is 11.5 Å². The minimum Gasteiger partial charge on any atom is -0.489 e. The summed E-state index contributed by atoms with van der Waals surface area (Å²) < 4.78 is 11.1. The maximum Gasteiger partial charge on any atom is 0.175 e. The molecule has 0 aliphatic heterocycles. The molecule has 0 aromatic carbocycles. The number of aryl methyl sites for hydroxylation is 2. The molecule has 0 fully saturated rings. The van der Waals surface area contributed by atoms with Crippen molar-refractivity contribution in [2.75, 3.05) is 13.2 Å². The smallest absolute Gasteiger partial charge is 0.175 e. The molecule has 0 atom stereocenters. The van der Waals surface area contributed by atoms with E-state index in [1.165, 1.54) is 9.75 Å². The van der Waals surface area contributed by atoms with Gasteiger partial charge in [-0.05, 0) is 27.7 Å². The quantitative estimate of drug-likeness (QED) is 0.743. The van der Waals surface area contributed by atoms with Gasteiger partial charge in [-0.25, -0.2) is 0 Å². The molecule has 0 aliphatic rings. The maximum atomic E-state index is 5.53. The topological polar surface area (TPSA) is 18.5 Å². The first-order chi connectivity index (χ1) is 6.20. The largest absolute Gasteiger partial charge is 0.489 e. The van der Waals surface area contributed by atoms with Crippen molar-refractivity contribution in [2.45, 2.75) is 27.7 Å². The Hall–Kier alpha value is -0.700. The lowest BCUT2D eigenvalue weighted by Crippen LogP contribution is -1.97. The lowest BCUT2D eigenvalue weighted by Gasteiger charge is -2.07. The fourth-order valence-electron chi connectivity index (χ4n) is 1.27. The van der Waals surface area contributed by atoms with Gasteiger partial charge in [-0.2, -0.15) is 0 Å². The minimum absolute atomic E-state index is 0.692. The Labute approximate surface area is 83.5 Å². The van der Waals surface area contributed by atoms with Crippen LogP contribution in [0.15, 0.2) is 0 Å². The van der Waals surface area contributed by atoms with Crippen molar-refractivity contribution in [3.63, 3.8) is 0 Å². The van der Waals surface area contributed by atoms with Crippen molar-refractivity contribution in [1.82, 2.24) is 0 Å². The molecule has 0 aliphatic carbocycles. The highest BCUT2D eigenvalue weighted by molar-refractivity contribution is 7.12. The molecule has 2 nitrogen and oxygen atoms in total. The zero-order valence-corrected chi connectivity index (χ0v) is 9.46. The average molecular weight is 200 g/mol. The first-order valence-corrected chi connectivity index (χ1v) is 5.37. The Bertz CT molecular complexity index is 252. The summed E-state index contributed by atoms with van der Waals surface area (Å²) in [4.78, 5) is 2.39. The van der Waals surface area contributed by atoms with Crippen LogP contribution >= 0.6 is 11.3 Å². The average Bonchev–Trinajstić information content (AvgIpc) is 2.33. The number of rotatable bonds is 4. The second-order valence-electron chi connectivity index (χ2n) is 2.74. The van der Waals surface area contributed by atoms with Crippen LogP contribution < -0.4 is 9.47 Å². The van der Waals surface area contributed by atoms with Gasteiger partial charge in [0.2, 0.25) is 0 Å². The fraction of sp³-hybridized carbons (Fsp3) is 0.600. The number of hydrogen-bond donors (Lipinski definition) is 0.